The molecule has 2 aromatic heterocycles. The minimum absolute atomic E-state index is 0.142. The molecule has 3 heteroatoms. The summed E-state index contributed by atoms with van der Waals surface area (Å²) >= 11 is 0. The van der Waals surface area contributed by atoms with Crippen molar-refractivity contribution in [1.29, 1.82) is 0 Å². The van der Waals surface area contributed by atoms with Crippen molar-refractivity contribution in [3.05, 3.63) is 162 Å². The highest BCUT2D eigenvalue weighted by Gasteiger charge is 2.42. The summed E-state index contributed by atoms with van der Waals surface area (Å²) in [6.45, 7) is 4.68. The van der Waals surface area contributed by atoms with Gasteiger partial charge in [0.2, 0.25) is 0 Å². The Balaban J connectivity index is 1.05. The van der Waals surface area contributed by atoms with Crippen molar-refractivity contribution >= 4 is 50.4 Å². The van der Waals surface area contributed by atoms with Gasteiger partial charge in [0.05, 0.1) is 0 Å². The lowest BCUT2D eigenvalue weighted by Crippen LogP contribution is -2.41. The second-order valence-corrected chi connectivity index (χ2v) is 14.2. The molecule has 7 aromatic rings. The fourth-order valence-corrected chi connectivity index (χ4v) is 8.74. The van der Waals surface area contributed by atoms with Crippen LogP contribution in [0.25, 0.3) is 50.1 Å². The zero-order chi connectivity index (χ0) is 32.0. The average molecular weight is 622 g/mol. The number of hydrogen-bond acceptors (Lipinski definition) is 3. The molecule has 0 aliphatic heterocycles. The molecule has 48 heavy (non-hydrogen) atoms. The van der Waals surface area contributed by atoms with E-state index in [0.717, 1.165) is 52.1 Å². The van der Waals surface area contributed by atoms with Crippen LogP contribution in [-0.2, 0) is 12.0 Å². The van der Waals surface area contributed by atoms with Crippen LogP contribution < -0.4 is 4.90 Å². The molecule has 0 spiro atoms. The first-order chi connectivity index (χ1) is 23.5. The first-order valence-corrected chi connectivity index (χ1v) is 17.0. The van der Waals surface area contributed by atoms with Crippen molar-refractivity contribution in [3.8, 4) is 11.1 Å². The average Bonchev–Trinajstić information content (AvgIpc) is 3.77. The molecule has 10 rings (SSSR count). The van der Waals surface area contributed by atoms with Crippen molar-refractivity contribution in [1.82, 2.24) is 0 Å². The van der Waals surface area contributed by atoms with Gasteiger partial charge in [0, 0.05) is 44.4 Å². The van der Waals surface area contributed by atoms with E-state index in [0.29, 0.717) is 5.92 Å². The van der Waals surface area contributed by atoms with Crippen LogP contribution in [0.15, 0.2) is 148 Å². The van der Waals surface area contributed by atoms with E-state index in [1.54, 1.807) is 0 Å². The van der Waals surface area contributed by atoms with E-state index in [9.17, 15) is 0 Å². The smallest absolute Gasteiger partial charge is 0.138 e. The van der Waals surface area contributed by atoms with Gasteiger partial charge in [-0.3, -0.25) is 0 Å². The lowest BCUT2D eigenvalue weighted by molar-refractivity contribution is 0.376. The lowest BCUT2D eigenvalue weighted by atomic mass is 9.75. The van der Waals surface area contributed by atoms with Crippen LogP contribution in [0, 0.1) is 5.41 Å². The number of benzene rings is 5. The normalized spacial score (nSPS) is 22.3. The zero-order valence-electron chi connectivity index (χ0n) is 27.1. The van der Waals surface area contributed by atoms with Crippen LogP contribution >= 0.6 is 0 Å². The Morgan fingerprint density at radius 2 is 1.42 bits per heavy atom. The van der Waals surface area contributed by atoms with Gasteiger partial charge in [0.25, 0.3) is 0 Å². The summed E-state index contributed by atoms with van der Waals surface area (Å²) in [6.07, 6.45) is 15.5. The molecule has 0 radical (unpaired) electrons. The van der Waals surface area contributed by atoms with Crippen LogP contribution in [0.2, 0.25) is 0 Å². The van der Waals surface area contributed by atoms with E-state index in [4.69, 9.17) is 8.83 Å². The van der Waals surface area contributed by atoms with Gasteiger partial charge in [-0.1, -0.05) is 98.0 Å². The van der Waals surface area contributed by atoms with E-state index in [1.165, 1.54) is 38.6 Å². The molecule has 0 bridgehead atoms. The third kappa shape index (κ3) is 3.94. The van der Waals surface area contributed by atoms with Gasteiger partial charge >= 0.3 is 0 Å². The zero-order valence-corrected chi connectivity index (χ0v) is 27.1. The standard InChI is InChI=1S/C45H35NO2/c1-44-23-9-8-15-39(44)36-27-38-37-25-30(19-22-41(37)47-42(38)26-31(36)28-44)29-17-20-33(21-18-29)46(32-11-4-3-5-12-32)45(2)24-10-14-35-34-13-6-7-16-40(34)48-43(35)45/h3-23,25-27,39H,24,28H2,1-2H3. The van der Waals surface area contributed by atoms with Gasteiger partial charge in [-0.25, -0.2) is 0 Å². The van der Waals surface area contributed by atoms with Crippen LogP contribution in [0.4, 0.5) is 11.4 Å². The molecule has 0 N–H and O–H groups in total. The minimum atomic E-state index is -0.416. The van der Waals surface area contributed by atoms with E-state index >= 15 is 0 Å². The summed E-state index contributed by atoms with van der Waals surface area (Å²) in [5.41, 5.74) is 11.2. The number of fused-ring (bicyclic) bond motifs is 9. The second-order valence-electron chi connectivity index (χ2n) is 14.2. The monoisotopic (exact) mass is 621 g/mol. The number of nitrogens with zero attached hydrogens (tertiary/aromatic N) is 1. The number of hydrogen-bond donors (Lipinski definition) is 0. The molecule has 5 aromatic carbocycles. The maximum absolute atomic E-state index is 6.65. The van der Waals surface area contributed by atoms with Crippen LogP contribution in [0.1, 0.15) is 48.6 Å². The highest BCUT2D eigenvalue weighted by molar-refractivity contribution is 6.07. The van der Waals surface area contributed by atoms with Gasteiger partial charge in [0.15, 0.2) is 0 Å². The Morgan fingerprint density at radius 1 is 0.667 bits per heavy atom. The number of anilines is 2. The Bertz CT molecular complexity index is 2490. The van der Waals surface area contributed by atoms with Crippen molar-refractivity contribution < 1.29 is 8.83 Å². The van der Waals surface area contributed by atoms with Gasteiger partial charge in [0.1, 0.15) is 28.0 Å². The topological polar surface area (TPSA) is 29.5 Å². The van der Waals surface area contributed by atoms with Crippen molar-refractivity contribution in [2.45, 2.75) is 38.1 Å². The molecular formula is C45H35NO2. The molecule has 0 saturated carbocycles. The maximum Gasteiger partial charge on any atom is 0.138 e. The molecule has 3 aliphatic rings. The summed E-state index contributed by atoms with van der Waals surface area (Å²) in [7, 11) is 0. The van der Waals surface area contributed by atoms with Crippen LogP contribution in [0.5, 0.6) is 0 Å². The van der Waals surface area contributed by atoms with Crippen molar-refractivity contribution in [2.24, 2.45) is 5.41 Å². The Morgan fingerprint density at radius 3 is 2.29 bits per heavy atom. The molecule has 232 valence electrons. The fraction of sp³-hybridized carbons (Fsp3) is 0.156. The summed E-state index contributed by atoms with van der Waals surface area (Å²) < 4.78 is 13.1. The third-order valence-electron chi connectivity index (χ3n) is 11.1. The summed E-state index contributed by atoms with van der Waals surface area (Å²) in [5, 5.41) is 3.53. The van der Waals surface area contributed by atoms with Gasteiger partial charge in [-0.05, 0) is 96.6 Å². The molecule has 3 unspecified atom stereocenters. The Hall–Kier alpha value is -5.54. The van der Waals surface area contributed by atoms with Crippen molar-refractivity contribution in [3.63, 3.8) is 0 Å². The molecule has 0 saturated heterocycles. The molecule has 3 atom stereocenters. The molecular weight excluding hydrogens is 587 g/mol. The molecule has 2 heterocycles. The fourth-order valence-electron chi connectivity index (χ4n) is 8.74. The lowest BCUT2D eigenvalue weighted by Gasteiger charge is -2.43. The van der Waals surface area contributed by atoms with E-state index < -0.39 is 5.54 Å². The third-order valence-corrected chi connectivity index (χ3v) is 11.1. The van der Waals surface area contributed by atoms with Gasteiger partial charge in [-0.15, -0.1) is 0 Å². The van der Waals surface area contributed by atoms with Gasteiger partial charge in [-0.2, -0.15) is 0 Å². The first-order valence-electron chi connectivity index (χ1n) is 17.0. The largest absolute Gasteiger partial charge is 0.458 e. The number of allylic oxidation sites excluding steroid dienone is 4. The predicted octanol–water partition coefficient (Wildman–Crippen LogP) is 12.2. The maximum atomic E-state index is 6.65. The van der Waals surface area contributed by atoms with E-state index in [1.807, 2.05) is 6.07 Å². The number of furan rings is 2. The van der Waals surface area contributed by atoms with E-state index in [-0.39, 0.29) is 5.41 Å². The number of para-hydroxylation sites is 2. The SMILES string of the molecule is CC12C=CC=CC1c1cc3c(cc1C2)oc1ccc(-c2ccc(N(c4ccccc4)C4(C)CC=Cc5c4oc4ccccc54)cc2)cc13. The molecule has 0 fully saturated rings. The highest BCUT2D eigenvalue weighted by Crippen LogP contribution is 2.52. The first kappa shape index (κ1) is 27.6. The summed E-state index contributed by atoms with van der Waals surface area (Å²) in [4.78, 5) is 2.44. The van der Waals surface area contributed by atoms with Gasteiger partial charge < -0.3 is 13.7 Å². The summed E-state index contributed by atoms with van der Waals surface area (Å²) in [6, 6.07) is 39.3. The van der Waals surface area contributed by atoms with Crippen LogP contribution in [-0.4, -0.2) is 0 Å². The van der Waals surface area contributed by atoms with Crippen LogP contribution in [0.3, 0.4) is 0 Å². The second kappa shape index (κ2) is 9.98. The molecule has 3 aliphatic carbocycles. The Kier molecular flexibility index (Phi) is 5.73. The summed E-state index contributed by atoms with van der Waals surface area (Å²) in [5.74, 6) is 1.41. The quantitative estimate of drug-likeness (QED) is 0.196. The van der Waals surface area contributed by atoms with E-state index in [2.05, 4.69) is 158 Å². The Labute approximate surface area is 280 Å². The predicted molar refractivity (Wildman–Crippen MR) is 198 cm³/mol. The molecule has 0 amide bonds. The molecule has 3 nitrogen and oxygen atoms in total. The van der Waals surface area contributed by atoms with Crippen molar-refractivity contribution in [2.75, 3.05) is 4.90 Å². The highest BCUT2D eigenvalue weighted by atomic mass is 16.3. The minimum Gasteiger partial charge on any atom is -0.458 e. The number of rotatable bonds is 4.